The number of carbonyl (C=O) groups excluding carboxylic acids is 2. The van der Waals surface area contributed by atoms with Crippen molar-refractivity contribution in [2.75, 3.05) is 12.4 Å². The van der Waals surface area contributed by atoms with Crippen LogP contribution in [0.2, 0.25) is 0 Å². The molecule has 8 heteroatoms. The van der Waals surface area contributed by atoms with Crippen molar-refractivity contribution in [2.24, 2.45) is 5.10 Å². The number of hydrazone groups is 1. The molecule has 0 aliphatic heterocycles. The number of hydrogen-bond donors (Lipinski definition) is 3. The van der Waals surface area contributed by atoms with Crippen molar-refractivity contribution in [3.8, 4) is 11.5 Å². The number of aryl methyl sites for hydroxylation is 2. The topological polar surface area (TPSA) is 100 Å². The van der Waals surface area contributed by atoms with Gasteiger partial charge >= 0.3 is 0 Å². The van der Waals surface area contributed by atoms with Crippen molar-refractivity contribution in [3.63, 3.8) is 0 Å². The number of benzene rings is 2. The Morgan fingerprint density at radius 2 is 1.93 bits per heavy atom. The van der Waals surface area contributed by atoms with Crippen LogP contribution in [0.25, 0.3) is 0 Å². The Labute approximate surface area is 171 Å². The van der Waals surface area contributed by atoms with Crippen molar-refractivity contribution < 1.29 is 19.4 Å². The predicted molar refractivity (Wildman–Crippen MR) is 112 cm³/mol. The molecule has 0 spiro atoms. The van der Waals surface area contributed by atoms with Crippen LogP contribution in [0.5, 0.6) is 11.5 Å². The Bertz CT molecular complexity index is 897. The molecule has 2 rings (SSSR count). The number of anilines is 1. The monoisotopic (exact) mass is 481 g/mol. The SMILES string of the molecule is COc1cc(/C=N/NC(=O)CC(=O)Nc2ccc(C)c(C)c2)cc(I)c1O. The number of hydrogen-bond acceptors (Lipinski definition) is 5. The second-order valence-corrected chi connectivity index (χ2v) is 7.03. The van der Waals surface area contributed by atoms with Gasteiger partial charge in [-0.1, -0.05) is 6.07 Å². The molecular weight excluding hydrogens is 461 g/mol. The van der Waals surface area contributed by atoms with E-state index in [-0.39, 0.29) is 12.2 Å². The highest BCUT2D eigenvalue weighted by molar-refractivity contribution is 14.1. The highest BCUT2D eigenvalue weighted by Gasteiger charge is 2.10. The lowest BCUT2D eigenvalue weighted by Crippen LogP contribution is -2.24. The van der Waals surface area contributed by atoms with E-state index in [9.17, 15) is 14.7 Å². The number of phenols is 1. The van der Waals surface area contributed by atoms with Crippen LogP contribution >= 0.6 is 22.6 Å². The van der Waals surface area contributed by atoms with Crippen LogP contribution in [0.15, 0.2) is 35.4 Å². The van der Waals surface area contributed by atoms with Crippen molar-refractivity contribution in [1.82, 2.24) is 5.43 Å². The van der Waals surface area contributed by atoms with E-state index in [0.29, 0.717) is 20.6 Å². The molecule has 0 aliphatic rings. The summed E-state index contributed by atoms with van der Waals surface area (Å²) in [6, 6.07) is 8.81. The summed E-state index contributed by atoms with van der Waals surface area (Å²) in [5, 5.41) is 16.3. The number of amides is 2. The fourth-order valence-electron chi connectivity index (χ4n) is 2.21. The zero-order valence-corrected chi connectivity index (χ0v) is 17.3. The Morgan fingerprint density at radius 1 is 1.19 bits per heavy atom. The third-order valence-corrected chi connectivity index (χ3v) is 4.61. The van der Waals surface area contributed by atoms with E-state index >= 15 is 0 Å². The lowest BCUT2D eigenvalue weighted by molar-refractivity contribution is -0.126. The van der Waals surface area contributed by atoms with Crippen molar-refractivity contribution >= 4 is 46.3 Å². The first-order valence-corrected chi connectivity index (χ1v) is 9.13. The van der Waals surface area contributed by atoms with E-state index in [1.54, 1.807) is 18.2 Å². The van der Waals surface area contributed by atoms with Crippen LogP contribution in [0.4, 0.5) is 5.69 Å². The molecule has 0 aromatic heterocycles. The van der Waals surface area contributed by atoms with Gasteiger partial charge in [-0.2, -0.15) is 5.10 Å². The first-order valence-electron chi connectivity index (χ1n) is 8.05. The zero-order chi connectivity index (χ0) is 20.0. The van der Waals surface area contributed by atoms with Crippen molar-refractivity contribution in [3.05, 3.63) is 50.6 Å². The Kier molecular flexibility index (Phi) is 7.17. The largest absolute Gasteiger partial charge is 0.504 e. The summed E-state index contributed by atoms with van der Waals surface area (Å²) in [5.74, 6) is -0.607. The number of halogens is 1. The van der Waals surface area contributed by atoms with Gasteiger partial charge in [0.1, 0.15) is 6.42 Å². The van der Waals surface area contributed by atoms with Gasteiger partial charge in [0, 0.05) is 5.69 Å². The van der Waals surface area contributed by atoms with Crippen LogP contribution in [-0.2, 0) is 9.59 Å². The van der Waals surface area contributed by atoms with Crippen LogP contribution < -0.4 is 15.5 Å². The molecule has 27 heavy (non-hydrogen) atoms. The van der Waals surface area contributed by atoms with Crippen LogP contribution in [0, 0.1) is 17.4 Å². The quantitative estimate of drug-likeness (QED) is 0.256. The molecule has 2 aromatic rings. The lowest BCUT2D eigenvalue weighted by atomic mass is 10.1. The fraction of sp³-hybridized carbons (Fsp3) is 0.211. The van der Waals surface area contributed by atoms with E-state index in [1.165, 1.54) is 13.3 Å². The summed E-state index contributed by atoms with van der Waals surface area (Å²) in [7, 11) is 1.45. The summed E-state index contributed by atoms with van der Waals surface area (Å²) >= 11 is 1.96. The Morgan fingerprint density at radius 3 is 2.59 bits per heavy atom. The highest BCUT2D eigenvalue weighted by Crippen LogP contribution is 2.31. The Hall–Kier alpha value is -2.62. The standard InChI is InChI=1S/C19H20IN3O4/c1-11-4-5-14(6-12(11)2)22-17(24)9-18(25)23-21-10-13-7-15(20)19(26)16(8-13)27-3/h4-8,10,26H,9H2,1-3H3,(H,22,24)(H,23,25)/b21-10+. The average molecular weight is 481 g/mol. The molecule has 0 aliphatic carbocycles. The maximum absolute atomic E-state index is 11.9. The van der Waals surface area contributed by atoms with Gasteiger partial charge < -0.3 is 15.2 Å². The minimum atomic E-state index is -0.534. The second-order valence-electron chi connectivity index (χ2n) is 5.87. The molecule has 0 radical (unpaired) electrons. The Balaban J connectivity index is 1.90. The van der Waals surface area contributed by atoms with Gasteiger partial charge in [0.25, 0.3) is 0 Å². The van der Waals surface area contributed by atoms with Gasteiger partial charge in [-0.25, -0.2) is 5.43 Å². The average Bonchev–Trinajstić information content (AvgIpc) is 2.60. The molecule has 2 amide bonds. The molecule has 0 unspecified atom stereocenters. The van der Waals surface area contributed by atoms with E-state index in [1.807, 2.05) is 48.6 Å². The first-order chi connectivity index (χ1) is 12.8. The van der Waals surface area contributed by atoms with Gasteiger partial charge in [0.2, 0.25) is 11.8 Å². The minimum absolute atomic E-state index is 0.0438. The predicted octanol–water partition coefficient (Wildman–Crippen LogP) is 3.10. The molecule has 0 saturated heterocycles. The second kappa shape index (κ2) is 9.36. The normalized spacial score (nSPS) is 10.7. The van der Waals surface area contributed by atoms with Gasteiger partial charge in [-0.15, -0.1) is 0 Å². The van der Waals surface area contributed by atoms with Crippen molar-refractivity contribution in [1.29, 1.82) is 0 Å². The van der Waals surface area contributed by atoms with E-state index in [2.05, 4.69) is 15.8 Å². The van der Waals surface area contributed by atoms with Gasteiger partial charge in [0.15, 0.2) is 11.5 Å². The molecule has 0 atom stereocenters. The summed E-state index contributed by atoms with van der Waals surface area (Å²) in [6.07, 6.45) is 1.06. The summed E-state index contributed by atoms with van der Waals surface area (Å²) in [6.45, 7) is 3.93. The van der Waals surface area contributed by atoms with E-state index in [0.717, 1.165) is 11.1 Å². The lowest BCUT2D eigenvalue weighted by Gasteiger charge is -2.07. The zero-order valence-electron chi connectivity index (χ0n) is 15.2. The van der Waals surface area contributed by atoms with E-state index in [4.69, 9.17) is 4.74 Å². The number of nitrogens with zero attached hydrogens (tertiary/aromatic N) is 1. The number of methoxy groups -OCH3 is 1. The third kappa shape index (κ3) is 5.95. The van der Waals surface area contributed by atoms with Gasteiger partial charge in [-0.05, 0) is 77.4 Å². The number of rotatable bonds is 6. The summed E-state index contributed by atoms with van der Waals surface area (Å²) in [5.41, 5.74) is 5.76. The number of nitrogens with one attached hydrogen (secondary N) is 2. The highest BCUT2D eigenvalue weighted by atomic mass is 127. The van der Waals surface area contributed by atoms with Crippen LogP contribution in [0.3, 0.4) is 0 Å². The number of ether oxygens (including phenoxy) is 1. The van der Waals surface area contributed by atoms with Gasteiger partial charge in [-0.3, -0.25) is 9.59 Å². The maximum Gasteiger partial charge on any atom is 0.249 e. The minimum Gasteiger partial charge on any atom is -0.504 e. The maximum atomic E-state index is 11.9. The van der Waals surface area contributed by atoms with Crippen molar-refractivity contribution in [2.45, 2.75) is 20.3 Å². The third-order valence-electron chi connectivity index (χ3n) is 3.79. The number of phenolic OH excluding ortho intramolecular Hbond substituents is 1. The number of aromatic hydroxyl groups is 1. The van der Waals surface area contributed by atoms with Crippen LogP contribution in [0.1, 0.15) is 23.1 Å². The molecule has 0 bridgehead atoms. The van der Waals surface area contributed by atoms with Gasteiger partial charge in [0.05, 0.1) is 16.9 Å². The molecule has 0 fully saturated rings. The molecule has 3 N–H and O–H groups in total. The van der Waals surface area contributed by atoms with Crippen LogP contribution in [-0.4, -0.2) is 30.2 Å². The molecule has 2 aromatic carbocycles. The molecule has 7 nitrogen and oxygen atoms in total. The number of carbonyl (C=O) groups is 2. The molecule has 0 heterocycles. The van der Waals surface area contributed by atoms with E-state index < -0.39 is 11.8 Å². The molecule has 142 valence electrons. The first kappa shape index (κ1) is 20.7. The summed E-state index contributed by atoms with van der Waals surface area (Å²) in [4.78, 5) is 23.8. The summed E-state index contributed by atoms with van der Waals surface area (Å²) < 4.78 is 5.65. The smallest absolute Gasteiger partial charge is 0.249 e. The molecular formula is C19H20IN3O4. The fourth-order valence-corrected chi connectivity index (χ4v) is 2.84. The molecule has 0 saturated carbocycles.